The molecule has 72 valence electrons. The van der Waals surface area contributed by atoms with Gasteiger partial charge in [-0.2, -0.15) is 0 Å². The smallest absolute Gasteiger partial charge is 0.0427 e. The van der Waals surface area contributed by atoms with Crippen molar-refractivity contribution in [1.29, 1.82) is 0 Å². The van der Waals surface area contributed by atoms with E-state index in [2.05, 4.69) is 97.1 Å². The summed E-state index contributed by atoms with van der Waals surface area (Å²) in [5, 5.41) is 0. The van der Waals surface area contributed by atoms with Gasteiger partial charge in [0.15, 0.2) is 0 Å². The fourth-order valence-electron chi connectivity index (χ4n) is 0. The molecule has 0 aromatic heterocycles. The van der Waals surface area contributed by atoms with E-state index in [0.717, 1.165) is 4.48 Å². The van der Waals surface area contributed by atoms with Crippen molar-refractivity contribution in [3.8, 4) is 0 Å². The van der Waals surface area contributed by atoms with Crippen LogP contribution in [-0.4, -0.2) is 8.75 Å². The molecule has 0 spiro atoms. The van der Waals surface area contributed by atoms with Crippen molar-refractivity contribution in [2.45, 2.75) is 22.6 Å². The summed E-state index contributed by atoms with van der Waals surface area (Å²) in [5.74, 6) is 0. The third-order valence-corrected chi connectivity index (χ3v) is 5.59. The number of halogens is 4. The van der Waals surface area contributed by atoms with Crippen molar-refractivity contribution >= 4 is 77.0 Å². The molecule has 0 aromatic rings. The van der Waals surface area contributed by atoms with Crippen molar-refractivity contribution in [2.24, 2.45) is 0 Å². The Bertz CT molecular complexity index is 135. The summed E-state index contributed by atoms with van der Waals surface area (Å²) in [6.07, 6.45) is 0. The van der Waals surface area contributed by atoms with E-state index in [1.165, 1.54) is 3.58 Å². The maximum Gasteiger partial charge on any atom is 0.0427 e. The van der Waals surface area contributed by atoms with Crippen LogP contribution in [0.5, 0.6) is 0 Å². The lowest BCUT2D eigenvalue weighted by atomic mass is 10.5. The van der Waals surface area contributed by atoms with Crippen molar-refractivity contribution in [1.82, 2.24) is 0 Å². The Balaban J connectivity index is 0. The van der Waals surface area contributed by atoms with E-state index in [4.69, 9.17) is 0 Å². The van der Waals surface area contributed by atoms with E-state index in [9.17, 15) is 0 Å². The normalized spacial score (nSPS) is 13.8. The number of allylic oxidation sites excluding steroid dienone is 2. The highest BCUT2D eigenvalue weighted by Gasteiger charge is 1.92. The van der Waals surface area contributed by atoms with Crippen molar-refractivity contribution in [3.63, 3.8) is 0 Å². The van der Waals surface area contributed by atoms with Crippen LogP contribution in [0.4, 0.5) is 0 Å². The van der Waals surface area contributed by atoms with Gasteiger partial charge in [-0.25, -0.2) is 0 Å². The number of rotatable bonds is 2. The Hall–Kier alpha value is 1.90. The van der Waals surface area contributed by atoms with E-state index in [1.54, 1.807) is 0 Å². The maximum absolute atomic E-state index is 3.73. The van der Waals surface area contributed by atoms with Gasteiger partial charge in [-0.3, -0.25) is 0 Å². The minimum Gasteiger partial charge on any atom is -0.0887 e. The highest BCUT2D eigenvalue weighted by molar-refractivity contribution is 14.1. The van der Waals surface area contributed by atoms with Gasteiger partial charge in [-0.15, -0.1) is 0 Å². The van der Waals surface area contributed by atoms with Gasteiger partial charge in [0.25, 0.3) is 0 Å². The minimum absolute atomic E-state index is 0.387. The maximum atomic E-state index is 3.73. The molecule has 0 amide bonds. The minimum atomic E-state index is 0.387. The third-order valence-electron chi connectivity index (χ3n) is 0.863. The Labute approximate surface area is 119 Å². The summed E-state index contributed by atoms with van der Waals surface area (Å²) in [4.78, 5) is 0.387. The molecule has 0 saturated carbocycles. The van der Waals surface area contributed by atoms with Crippen LogP contribution in [0, 0.1) is 0 Å². The molecule has 4 heteroatoms. The first kappa shape index (κ1) is 16.3. The molecule has 0 saturated heterocycles. The van der Waals surface area contributed by atoms with Gasteiger partial charge >= 0.3 is 0 Å². The molecule has 0 aliphatic heterocycles. The van der Waals surface area contributed by atoms with Crippen LogP contribution in [-0.2, 0) is 0 Å². The zero-order valence-corrected chi connectivity index (χ0v) is 14.6. The Morgan fingerprint density at radius 3 is 1.50 bits per heavy atom. The highest BCUT2D eigenvalue weighted by atomic mass is 127. The van der Waals surface area contributed by atoms with Gasteiger partial charge in [0.2, 0.25) is 0 Å². The van der Waals surface area contributed by atoms with Gasteiger partial charge in [0.05, 0.1) is 0 Å². The zero-order chi connectivity index (χ0) is 10.3. The summed E-state index contributed by atoms with van der Waals surface area (Å²) in [5.41, 5.74) is 0. The van der Waals surface area contributed by atoms with Crippen LogP contribution in [0.2, 0.25) is 0 Å². The molecule has 0 bridgehead atoms. The molecule has 0 aliphatic carbocycles. The summed E-state index contributed by atoms with van der Waals surface area (Å²) < 4.78 is 2.82. The molecule has 0 nitrogen and oxygen atoms in total. The Morgan fingerprint density at radius 1 is 1.33 bits per heavy atom. The zero-order valence-electron chi connectivity index (χ0n) is 7.08. The Kier molecular flexibility index (Phi) is 12.9. The first-order valence-corrected chi connectivity index (χ1v) is 7.29. The lowest BCUT2D eigenvalue weighted by molar-refractivity contribution is 1.27. The van der Waals surface area contributed by atoms with Gasteiger partial charge < -0.3 is 0 Å². The number of hydrogen-bond donors (Lipinski definition) is 0. The molecule has 2 unspecified atom stereocenters. The van der Waals surface area contributed by atoms with Crippen LogP contribution in [0.15, 0.2) is 21.2 Å². The molecule has 0 N–H and O–H groups in total. The largest absolute Gasteiger partial charge is 0.0887 e. The first-order chi connectivity index (χ1) is 5.29. The second kappa shape index (κ2) is 9.45. The monoisotopic (exact) mass is 520 g/mol. The predicted octanol–water partition coefficient (Wildman–Crippen LogP) is 5.44. The fraction of sp³-hybridized carbons (Fsp3) is 0.500. The van der Waals surface area contributed by atoms with E-state index >= 15 is 0 Å². The number of hydrogen-bond acceptors (Lipinski definition) is 0. The summed E-state index contributed by atoms with van der Waals surface area (Å²) in [6, 6.07) is 0. The molecule has 0 rings (SSSR count). The standard InChI is InChI=1S/C4H6Br2.C4H6I2/c2*1-3(5)4(2)6/h2*4H,1H2,2H3. The molecule has 0 aromatic carbocycles. The van der Waals surface area contributed by atoms with Gasteiger partial charge in [0.1, 0.15) is 0 Å². The highest BCUT2D eigenvalue weighted by Crippen LogP contribution is 2.15. The van der Waals surface area contributed by atoms with Crippen LogP contribution in [0.1, 0.15) is 13.8 Å². The first-order valence-electron chi connectivity index (χ1n) is 3.25. The van der Waals surface area contributed by atoms with Crippen molar-refractivity contribution in [3.05, 3.63) is 21.2 Å². The predicted molar refractivity (Wildman–Crippen MR) is 83.1 cm³/mol. The molecule has 0 fully saturated rings. The second-order valence-corrected chi connectivity index (χ2v) is 7.77. The van der Waals surface area contributed by atoms with Crippen LogP contribution in [0.3, 0.4) is 0 Å². The van der Waals surface area contributed by atoms with E-state index < -0.39 is 0 Å². The van der Waals surface area contributed by atoms with E-state index in [1.807, 2.05) is 6.92 Å². The lowest BCUT2D eigenvalue weighted by Crippen LogP contribution is -1.82. The third kappa shape index (κ3) is 14.4. The van der Waals surface area contributed by atoms with Crippen LogP contribution in [0.25, 0.3) is 0 Å². The van der Waals surface area contributed by atoms with Crippen LogP contribution < -0.4 is 0 Å². The molecule has 12 heavy (non-hydrogen) atoms. The van der Waals surface area contributed by atoms with Crippen molar-refractivity contribution < 1.29 is 0 Å². The molecule has 0 heterocycles. The Morgan fingerprint density at radius 2 is 1.50 bits per heavy atom. The molecule has 0 aliphatic rings. The average Bonchev–Trinajstić information content (AvgIpc) is 1.88. The fourth-order valence-corrected chi connectivity index (χ4v) is 0. The summed E-state index contributed by atoms with van der Waals surface area (Å²) >= 11 is 11.0. The quantitative estimate of drug-likeness (QED) is 0.336. The van der Waals surface area contributed by atoms with Gasteiger partial charge in [-0.05, 0) is 40.0 Å². The van der Waals surface area contributed by atoms with Gasteiger partial charge in [-0.1, -0.05) is 67.6 Å². The second-order valence-electron chi connectivity index (χ2n) is 2.13. The summed E-state index contributed by atoms with van der Waals surface area (Å²) in [6.45, 7) is 11.5. The average molecular weight is 522 g/mol. The lowest BCUT2D eigenvalue weighted by Gasteiger charge is -1.93. The van der Waals surface area contributed by atoms with Crippen molar-refractivity contribution in [2.75, 3.05) is 0 Å². The number of alkyl halides is 2. The van der Waals surface area contributed by atoms with Gasteiger partial charge in [0, 0.05) is 13.2 Å². The molecule has 0 radical (unpaired) electrons. The van der Waals surface area contributed by atoms with Crippen LogP contribution >= 0.6 is 77.0 Å². The topological polar surface area (TPSA) is 0 Å². The molecular formula is C8H12Br2I2. The molecular weight excluding hydrogens is 510 g/mol. The van der Waals surface area contributed by atoms with E-state index in [-0.39, 0.29) is 0 Å². The molecule has 2 atom stereocenters. The SMILES string of the molecule is C=C(Br)C(C)Br.C=C(I)C(C)I. The summed E-state index contributed by atoms with van der Waals surface area (Å²) in [7, 11) is 0. The van der Waals surface area contributed by atoms with E-state index in [0.29, 0.717) is 8.75 Å².